The van der Waals surface area contributed by atoms with Crippen LogP contribution in [0, 0.1) is 0 Å². The average Bonchev–Trinajstić information content (AvgIpc) is 3.16. The van der Waals surface area contributed by atoms with Crippen LogP contribution < -0.4 is 5.32 Å². The molecule has 6 heteroatoms. The van der Waals surface area contributed by atoms with Crippen molar-refractivity contribution >= 4 is 34.1 Å². The highest BCUT2D eigenvalue weighted by atomic mass is 16.3. The molecule has 1 aromatic heterocycles. The number of amides is 1. The first kappa shape index (κ1) is 30.1. The number of phenolic OH excluding ortho intramolecular Hbond substituents is 1. The highest BCUT2D eigenvalue weighted by molar-refractivity contribution is 6.29. The van der Waals surface area contributed by atoms with Gasteiger partial charge < -0.3 is 10.4 Å². The van der Waals surface area contributed by atoms with Gasteiger partial charge in [-0.05, 0) is 52.1 Å². The van der Waals surface area contributed by atoms with Crippen LogP contribution in [0.1, 0.15) is 122 Å². The van der Waals surface area contributed by atoms with Crippen LogP contribution in [-0.2, 0) is 16.2 Å². The van der Waals surface area contributed by atoms with Gasteiger partial charge in [-0.15, -0.1) is 0 Å². The molecule has 1 aliphatic rings. The lowest BCUT2D eigenvalue weighted by molar-refractivity contribution is 0.0887. The highest BCUT2D eigenvalue weighted by Gasteiger charge is 2.41. The fraction of sp³-hybridized carbons (Fsp3) is 0.351. The van der Waals surface area contributed by atoms with Gasteiger partial charge in [-0.25, -0.2) is 4.98 Å². The van der Waals surface area contributed by atoms with Crippen molar-refractivity contribution in [1.29, 1.82) is 0 Å². The molecule has 0 spiro atoms. The number of carbonyl (C=O) groups excluding carboxylic acids is 3. The minimum Gasteiger partial charge on any atom is -0.507 e. The molecule has 1 unspecified atom stereocenters. The van der Waals surface area contributed by atoms with Crippen molar-refractivity contribution in [1.82, 2.24) is 4.98 Å². The topological polar surface area (TPSA) is 96.4 Å². The third-order valence-electron chi connectivity index (χ3n) is 8.21. The van der Waals surface area contributed by atoms with Gasteiger partial charge in [-0.2, -0.15) is 0 Å². The molecule has 43 heavy (non-hydrogen) atoms. The number of nitrogens with one attached hydrogen (secondary N) is 1. The smallest absolute Gasteiger partial charge is 0.255 e. The number of hydrogen-bond donors (Lipinski definition) is 2. The van der Waals surface area contributed by atoms with Crippen LogP contribution in [0.4, 0.5) is 5.69 Å². The maximum Gasteiger partial charge on any atom is 0.255 e. The van der Waals surface area contributed by atoms with Crippen molar-refractivity contribution in [2.75, 3.05) is 5.32 Å². The zero-order valence-corrected chi connectivity index (χ0v) is 26.5. The fourth-order valence-electron chi connectivity index (χ4n) is 5.66. The molecule has 0 fully saturated rings. The molecular formula is C37H40N2O4. The van der Waals surface area contributed by atoms with E-state index < -0.39 is 5.92 Å². The Hall–Kier alpha value is -4.32. The second kappa shape index (κ2) is 10.1. The summed E-state index contributed by atoms with van der Waals surface area (Å²) in [6.07, 6.45) is 0. The number of aromatic nitrogens is 1. The number of rotatable bonds is 3. The standard InChI is InChI=1S/C37H40N2O4/c1-35(2,3)22-14-15-23-24(19-22)32(41)29(31(23)40)27-16-13-20-11-10-12-28(30(20)38-27)39-34(43)21-17-25(36(4,5)6)33(42)26(18-21)37(7,8)9/h10-19,29,42H,1-9H3,(H,39,43). The predicted octanol–water partition coefficient (Wildman–Crippen LogP) is 8.25. The maximum atomic E-state index is 13.7. The number of anilines is 1. The molecule has 222 valence electrons. The maximum absolute atomic E-state index is 13.7. The molecule has 5 rings (SSSR count). The summed E-state index contributed by atoms with van der Waals surface area (Å²) in [5.74, 6) is -1.69. The quantitative estimate of drug-likeness (QED) is 0.239. The Kier molecular flexibility index (Phi) is 7.11. The van der Waals surface area contributed by atoms with Crippen molar-refractivity contribution in [2.45, 2.75) is 84.5 Å². The molecule has 3 aromatic carbocycles. The molecule has 2 N–H and O–H groups in total. The second-order valence-corrected chi connectivity index (χ2v) is 14.7. The first-order chi connectivity index (χ1) is 19.9. The number of carbonyl (C=O) groups is 3. The van der Waals surface area contributed by atoms with Crippen LogP contribution in [0.5, 0.6) is 5.75 Å². The molecule has 6 nitrogen and oxygen atoms in total. The Labute approximate surface area is 253 Å². The lowest BCUT2D eigenvalue weighted by Gasteiger charge is -2.28. The molecule has 0 radical (unpaired) electrons. The van der Waals surface area contributed by atoms with Crippen LogP contribution in [-0.4, -0.2) is 27.6 Å². The molecule has 0 bridgehead atoms. The average molecular weight is 577 g/mol. The molecule has 1 aliphatic carbocycles. The van der Waals surface area contributed by atoms with Crippen molar-refractivity contribution in [2.24, 2.45) is 0 Å². The Bertz CT molecular complexity index is 1780. The summed E-state index contributed by atoms with van der Waals surface area (Å²) in [6.45, 7) is 18.2. The van der Waals surface area contributed by atoms with E-state index in [0.29, 0.717) is 44.7 Å². The normalized spacial score (nSPS) is 15.6. The molecule has 0 saturated carbocycles. The third-order valence-corrected chi connectivity index (χ3v) is 8.21. The number of Topliss-reactive ketones (excluding diaryl/α,β-unsaturated/α-hetero) is 2. The summed E-state index contributed by atoms with van der Waals surface area (Å²) in [6, 6.07) is 18.0. The van der Waals surface area contributed by atoms with E-state index in [0.717, 1.165) is 10.9 Å². The summed E-state index contributed by atoms with van der Waals surface area (Å²) >= 11 is 0. The second-order valence-electron chi connectivity index (χ2n) is 14.7. The molecule has 0 aliphatic heterocycles. The summed E-state index contributed by atoms with van der Waals surface area (Å²) < 4.78 is 0. The SMILES string of the molecule is CC(C)(C)c1ccc2c(c1)C(=O)C(c1ccc3cccc(NC(=O)c4cc(C(C)(C)C)c(O)c(C(C)(C)C)c4)c3n1)C2=O. The van der Waals surface area contributed by atoms with E-state index in [1.54, 1.807) is 30.3 Å². The Morgan fingerprint density at radius 2 is 1.35 bits per heavy atom. The minimum atomic E-state index is -1.03. The van der Waals surface area contributed by atoms with E-state index in [9.17, 15) is 19.5 Å². The zero-order chi connectivity index (χ0) is 31.6. The van der Waals surface area contributed by atoms with Crippen LogP contribution >= 0.6 is 0 Å². The van der Waals surface area contributed by atoms with Crippen LogP contribution in [0.25, 0.3) is 10.9 Å². The van der Waals surface area contributed by atoms with Crippen molar-refractivity contribution < 1.29 is 19.5 Å². The van der Waals surface area contributed by atoms with Crippen molar-refractivity contribution in [3.05, 3.63) is 99.7 Å². The molecule has 0 saturated heterocycles. The van der Waals surface area contributed by atoms with E-state index in [1.807, 2.05) is 71.9 Å². The number of aromatic hydroxyl groups is 1. The van der Waals surface area contributed by atoms with E-state index in [2.05, 4.69) is 26.1 Å². The van der Waals surface area contributed by atoms with E-state index in [4.69, 9.17) is 4.98 Å². The van der Waals surface area contributed by atoms with E-state index in [-0.39, 0.29) is 39.5 Å². The number of benzene rings is 3. The number of phenols is 1. The van der Waals surface area contributed by atoms with Gasteiger partial charge in [0.05, 0.1) is 16.9 Å². The fourth-order valence-corrected chi connectivity index (χ4v) is 5.66. The van der Waals surface area contributed by atoms with Crippen LogP contribution in [0.2, 0.25) is 0 Å². The molecule has 1 atom stereocenters. The number of nitrogens with zero attached hydrogens (tertiary/aromatic N) is 1. The number of para-hydroxylation sites is 1. The number of fused-ring (bicyclic) bond motifs is 2. The lowest BCUT2D eigenvalue weighted by Crippen LogP contribution is -2.21. The summed E-state index contributed by atoms with van der Waals surface area (Å²) in [5.41, 5.74) is 4.02. The predicted molar refractivity (Wildman–Crippen MR) is 172 cm³/mol. The summed E-state index contributed by atoms with van der Waals surface area (Å²) in [5, 5.41) is 14.9. The van der Waals surface area contributed by atoms with Crippen molar-refractivity contribution in [3.63, 3.8) is 0 Å². The summed E-state index contributed by atoms with van der Waals surface area (Å²) in [7, 11) is 0. The molecular weight excluding hydrogens is 536 g/mol. The largest absolute Gasteiger partial charge is 0.507 e. The van der Waals surface area contributed by atoms with Gasteiger partial charge in [0, 0.05) is 33.2 Å². The van der Waals surface area contributed by atoms with E-state index >= 15 is 0 Å². The highest BCUT2D eigenvalue weighted by Crippen LogP contribution is 2.40. The van der Waals surface area contributed by atoms with Gasteiger partial charge in [0.25, 0.3) is 5.91 Å². The molecule has 1 heterocycles. The van der Waals surface area contributed by atoms with E-state index in [1.165, 1.54) is 0 Å². The van der Waals surface area contributed by atoms with Gasteiger partial charge in [0.15, 0.2) is 11.6 Å². The first-order valence-electron chi connectivity index (χ1n) is 14.7. The lowest BCUT2D eigenvalue weighted by atomic mass is 9.78. The van der Waals surface area contributed by atoms with Gasteiger partial charge in [-0.1, -0.05) is 92.6 Å². The zero-order valence-electron chi connectivity index (χ0n) is 26.5. The Morgan fingerprint density at radius 1 is 0.744 bits per heavy atom. The van der Waals surface area contributed by atoms with Crippen molar-refractivity contribution in [3.8, 4) is 5.75 Å². The third kappa shape index (κ3) is 5.47. The van der Waals surface area contributed by atoms with Crippen LogP contribution in [0.3, 0.4) is 0 Å². The van der Waals surface area contributed by atoms with Gasteiger partial charge >= 0.3 is 0 Å². The minimum absolute atomic E-state index is 0.163. The first-order valence-corrected chi connectivity index (χ1v) is 14.7. The summed E-state index contributed by atoms with van der Waals surface area (Å²) in [4.78, 5) is 45.5. The number of ketones is 2. The Balaban J connectivity index is 1.54. The molecule has 1 amide bonds. The molecule has 4 aromatic rings. The Morgan fingerprint density at radius 3 is 1.93 bits per heavy atom. The monoisotopic (exact) mass is 576 g/mol. The number of pyridine rings is 1. The number of hydrogen-bond acceptors (Lipinski definition) is 5. The van der Waals surface area contributed by atoms with Gasteiger partial charge in [0.1, 0.15) is 11.7 Å². The van der Waals surface area contributed by atoms with Crippen LogP contribution in [0.15, 0.2) is 60.7 Å². The van der Waals surface area contributed by atoms with Gasteiger partial charge in [0.2, 0.25) is 0 Å². The van der Waals surface area contributed by atoms with Gasteiger partial charge in [-0.3, -0.25) is 14.4 Å².